The second kappa shape index (κ2) is 11.5. The van der Waals surface area contributed by atoms with Crippen LogP contribution in [0.1, 0.15) is 27.0 Å². The maximum atomic E-state index is 13.1. The van der Waals surface area contributed by atoms with E-state index < -0.39 is 11.9 Å². The van der Waals surface area contributed by atoms with E-state index in [2.05, 4.69) is 36.9 Å². The number of aliphatic imine (C=N–C) groups is 1. The number of thiophene rings is 2. The molecule has 0 aliphatic carbocycles. The van der Waals surface area contributed by atoms with Gasteiger partial charge in [-0.1, -0.05) is 73.3 Å². The third-order valence-electron chi connectivity index (χ3n) is 5.96. The zero-order valence-corrected chi connectivity index (χ0v) is 27.1. The van der Waals surface area contributed by atoms with Gasteiger partial charge in [-0.15, -0.1) is 22.7 Å². The molecule has 0 fully saturated rings. The summed E-state index contributed by atoms with van der Waals surface area (Å²) in [6.07, 6.45) is 1.57. The summed E-state index contributed by atoms with van der Waals surface area (Å²) in [5, 5.41) is 2.43. The predicted molar refractivity (Wildman–Crippen MR) is 172 cm³/mol. The van der Waals surface area contributed by atoms with Crippen LogP contribution in [0.2, 0.25) is 10.0 Å². The second-order valence-electron chi connectivity index (χ2n) is 8.64. The molecule has 0 spiro atoms. The largest absolute Gasteiger partial charge is 0.490 e. The van der Waals surface area contributed by atoms with Gasteiger partial charge in [-0.2, -0.15) is 0 Å². The molecule has 2 aromatic heterocycles. The van der Waals surface area contributed by atoms with E-state index in [0.29, 0.717) is 32.8 Å². The number of fused-ring (bicyclic) bond motifs is 2. The lowest BCUT2D eigenvalue weighted by molar-refractivity contribution is -0.129. The maximum Gasteiger partial charge on any atom is 0.363 e. The number of esters is 2. The minimum atomic E-state index is -0.603. The number of rotatable bonds is 6. The van der Waals surface area contributed by atoms with Crippen LogP contribution in [-0.2, 0) is 9.53 Å². The molecule has 0 saturated carbocycles. The van der Waals surface area contributed by atoms with Crippen LogP contribution >= 0.6 is 77.7 Å². The summed E-state index contributed by atoms with van der Waals surface area (Å²) in [7, 11) is 0. The smallest absolute Gasteiger partial charge is 0.363 e. The third kappa shape index (κ3) is 5.57. The second-order valence-corrected chi connectivity index (χ2v) is 13.3. The first-order valence-corrected chi connectivity index (χ1v) is 16.0. The lowest BCUT2D eigenvalue weighted by atomic mass is 10.1. The van der Waals surface area contributed by atoms with E-state index in [9.17, 15) is 9.59 Å². The summed E-state index contributed by atoms with van der Waals surface area (Å²) in [6, 6.07) is 16.3. The molecule has 0 atom stereocenters. The van der Waals surface area contributed by atoms with Crippen molar-refractivity contribution in [3.63, 3.8) is 0 Å². The first-order chi connectivity index (χ1) is 19.7. The van der Waals surface area contributed by atoms with Gasteiger partial charge in [0.25, 0.3) is 0 Å². The Morgan fingerprint density at radius 3 is 2.34 bits per heavy atom. The fraction of sp³-hybridized carbons (Fsp3) is 0.0690. The van der Waals surface area contributed by atoms with Crippen molar-refractivity contribution in [2.75, 3.05) is 6.61 Å². The quantitative estimate of drug-likeness (QED) is 0.0982. The standard InChI is InChI=1S/C29H15Br2Cl2NO5S2/c1-2-37-20-10-13(3-8-19(20)38-29(36)26-24(33)17-7-5-15(31)12-22(17)41-26)9-18-28(35)39-27(34-18)25-23(32)16-6-4-14(30)11-21(16)40-25/h3-12H,2H2,1H3/b18-9+. The lowest BCUT2D eigenvalue weighted by Crippen LogP contribution is -2.08. The minimum absolute atomic E-state index is 0.102. The molecule has 1 aliphatic rings. The van der Waals surface area contributed by atoms with E-state index >= 15 is 0 Å². The number of carbonyl (C=O) groups excluding carboxylic acids is 2. The highest BCUT2D eigenvalue weighted by atomic mass is 79.9. The van der Waals surface area contributed by atoms with Crippen LogP contribution in [0.3, 0.4) is 0 Å². The SMILES string of the molecule is CCOc1cc(/C=C2/N=C(c3sc4cc(Br)ccc4c3Cl)OC2=O)ccc1OC(=O)c1sc2cc(Br)ccc2c1Cl. The predicted octanol–water partition coefficient (Wildman–Crippen LogP) is 9.91. The summed E-state index contributed by atoms with van der Waals surface area (Å²) in [5.74, 6) is -0.514. The van der Waals surface area contributed by atoms with Crippen LogP contribution in [0.5, 0.6) is 11.5 Å². The van der Waals surface area contributed by atoms with Gasteiger partial charge < -0.3 is 14.2 Å². The van der Waals surface area contributed by atoms with E-state index in [0.717, 1.165) is 29.1 Å². The number of nitrogens with zero attached hydrogens (tertiary/aromatic N) is 1. The molecule has 0 N–H and O–H groups in total. The number of hydrogen-bond acceptors (Lipinski definition) is 8. The molecule has 0 radical (unpaired) electrons. The number of ether oxygens (including phenoxy) is 3. The average molecular weight is 752 g/mol. The van der Waals surface area contributed by atoms with Crippen molar-refractivity contribution in [3.05, 3.63) is 94.6 Å². The number of halogens is 4. The molecule has 1 aliphatic heterocycles. The highest BCUT2D eigenvalue weighted by molar-refractivity contribution is 9.10. The monoisotopic (exact) mass is 749 g/mol. The van der Waals surface area contributed by atoms with Gasteiger partial charge in [0.05, 0.1) is 16.7 Å². The molecule has 3 heterocycles. The van der Waals surface area contributed by atoms with Gasteiger partial charge in [-0.25, -0.2) is 14.6 Å². The van der Waals surface area contributed by atoms with E-state index in [1.807, 2.05) is 43.3 Å². The van der Waals surface area contributed by atoms with Crippen molar-refractivity contribution < 1.29 is 23.8 Å². The van der Waals surface area contributed by atoms with Gasteiger partial charge in [0.1, 0.15) is 9.75 Å². The molecule has 0 bridgehead atoms. The number of cyclic esters (lactones) is 1. The molecule has 12 heteroatoms. The Labute approximate surface area is 268 Å². The van der Waals surface area contributed by atoms with Crippen LogP contribution < -0.4 is 9.47 Å². The molecule has 5 aromatic rings. The van der Waals surface area contributed by atoms with Gasteiger partial charge in [0, 0.05) is 29.1 Å². The Morgan fingerprint density at radius 2 is 1.63 bits per heavy atom. The molecule has 41 heavy (non-hydrogen) atoms. The van der Waals surface area contributed by atoms with Crippen LogP contribution in [0.15, 0.2) is 74.2 Å². The Balaban J connectivity index is 1.29. The highest BCUT2D eigenvalue weighted by Gasteiger charge is 2.28. The normalized spacial score (nSPS) is 14.1. The van der Waals surface area contributed by atoms with Crippen LogP contribution in [0, 0.1) is 0 Å². The van der Waals surface area contributed by atoms with Gasteiger partial charge in [-0.3, -0.25) is 0 Å². The van der Waals surface area contributed by atoms with Gasteiger partial charge in [0.2, 0.25) is 5.90 Å². The van der Waals surface area contributed by atoms with Crippen LogP contribution in [0.25, 0.3) is 26.2 Å². The summed E-state index contributed by atoms with van der Waals surface area (Å²) < 4.78 is 20.5. The van der Waals surface area contributed by atoms with E-state index in [1.54, 1.807) is 24.3 Å². The van der Waals surface area contributed by atoms with E-state index in [4.69, 9.17) is 37.4 Å². The van der Waals surface area contributed by atoms with Gasteiger partial charge in [0.15, 0.2) is 17.2 Å². The summed E-state index contributed by atoms with van der Waals surface area (Å²) >= 11 is 22.6. The first-order valence-electron chi connectivity index (χ1n) is 12.0. The van der Waals surface area contributed by atoms with Crippen molar-refractivity contribution in [2.24, 2.45) is 4.99 Å². The highest BCUT2D eigenvalue weighted by Crippen LogP contribution is 2.40. The summed E-state index contributed by atoms with van der Waals surface area (Å²) in [5.41, 5.74) is 0.700. The molecular weight excluding hydrogens is 737 g/mol. The van der Waals surface area contributed by atoms with E-state index in [1.165, 1.54) is 22.7 Å². The fourth-order valence-corrected chi connectivity index (χ4v) is 8.05. The molecule has 6 nitrogen and oxygen atoms in total. The van der Waals surface area contributed by atoms with Crippen molar-refractivity contribution in [3.8, 4) is 11.5 Å². The first kappa shape index (κ1) is 28.4. The molecule has 0 amide bonds. The maximum absolute atomic E-state index is 13.1. The molecule has 3 aromatic carbocycles. The Hall–Kier alpha value is -2.73. The van der Waals surface area contributed by atoms with Crippen molar-refractivity contribution in [1.82, 2.24) is 0 Å². The fourth-order valence-electron chi connectivity index (χ4n) is 4.12. The zero-order valence-electron chi connectivity index (χ0n) is 20.8. The topological polar surface area (TPSA) is 74.2 Å². The molecule has 206 valence electrons. The minimum Gasteiger partial charge on any atom is -0.490 e. The molecular formula is C29H15Br2Cl2NO5S2. The summed E-state index contributed by atoms with van der Waals surface area (Å²) in [4.78, 5) is 31.0. The zero-order chi connectivity index (χ0) is 28.8. The number of hydrogen-bond donors (Lipinski definition) is 0. The lowest BCUT2D eigenvalue weighted by Gasteiger charge is -2.11. The van der Waals surface area contributed by atoms with Crippen molar-refractivity contribution >= 4 is 122 Å². The molecule has 6 rings (SSSR count). The Bertz CT molecular complexity index is 1960. The summed E-state index contributed by atoms with van der Waals surface area (Å²) in [6.45, 7) is 2.14. The van der Waals surface area contributed by atoms with Crippen LogP contribution in [0.4, 0.5) is 0 Å². The van der Waals surface area contributed by atoms with Crippen LogP contribution in [-0.4, -0.2) is 24.4 Å². The number of carbonyl (C=O) groups is 2. The Kier molecular flexibility index (Phi) is 7.97. The molecule has 0 saturated heterocycles. The van der Waals surface area contributed by atoms with Crippen molar-refractivity contribution in [1.29, 1.82) is 0 Å². The average Bonchev–Trinajstić information content (AvgIpc) is 3.57. The van der Waals surface area contributed by atoms with Gasteiger partial charge in [-0.05, 0) is 55.0 Å². The Morgan fingerprint density at radius 1 is 0.951 bits per heavy atom. The third-order valence-corrected chi connectivity index (χ3v) is 10.2. The number of benzene rings is 3. The van der Waals surface area contributed by atoms with Crippen molar-refractivity contribution in [2.45, 2.75) is 6.92 Å². The molecule has 0 unspecified atom stereocenters. The van der Waals surface area contributed by atoms with Gasteiger partial charge >= 0.3 is 11.9 Å². The van der Waals surface area contributed by atoms with E-state index in [-0.39, 0.29) is 22.2 Å².